The molecule has 0 saturated carbocycles. The molecule has 1 amide bonds. The van der Waals surface area contributed by atoms with Gasteiger partial charge in [-0.15, -0.1) is 11.3 Å². The Morgan fingerprint density at radius 2 is 1.80 bits per heavy atom. The van der Waals surface area contributed by atoms with Crippen LogP contribution in [0.1, 0.15) is 39.3 Å². The third-order valence-corrected chi connectivity index (χ3v) is 7.14. The van der Waals surface area contributed by atoms with E-state index >= 15 is 0 Å². The van der Waals surface area contributed by atoms with Gasteiger partial charge in [-0.1, -0.05) is 25.1 Å². The van der Waals surface area contributed by atoms with E-state index in [-0.39, 0.29) is 11.9 Å². The maximum atomic E-state index is 12.9. The van der Waals surface area contributed by atoms with Gasteiger partial charge in [-0.3, -0.25) is 9.78 Å². The Bertz CT molecular complexity index is 965. The summed E-state index contributed by atoms with van der Waals surface area (Å²) in [5, 5.41) is 4.20. The van der Waals surface area contributed by atoms with Crippen molar-refractivity contribution in [2.75, 3.05) is 38.5 Å². The van der Waals surface area contributed by atoms with Crippen LogP contribution >= 0.6 is 11.3 Å². The zero-order valence-corrected chi connectivity index (χ0v) is 18.5. The molecule has 156 valence electrons. The van der Waals surface area contributed by atoms with Crippen molar-refractivity contribution in [3.8, 4) is 0 Å². The number of benzene rings is 1. The first-order chi connectivity index (χ1) is 14.7. The van der Waals surface area contributed by atoms with Gasteiger partial charge in [0.1, 0.15) is 37.2 Å². The fourth-order valence-corrected chi connectivity index (χ4v) is 5.22. The molecule has 1 saturated heterocycles. The van der Waals surface area contributed by atoms with Gasteiger partial charge in [-0.2, -0.15) is 0 Å². The number of piperazine rings is 1. The summed E-state index contributed by atoms with van der Waals surface area (Å²) in [5.74, 6) is -0.0485. The van der Waals surface area contributed by atoms with E-state index in [4.69, 9.17) is 0 Å². The van der Waals surface area contributed by atoms with Crippen LogP contribution in [0.5, 0.6) is 0 Å². The molecule has 1 atom stereocenters. The summed E-state index contributed by atoms with van der Waals surface area (Å²) in [6, 6.07) is 16.2. The lowest BCUT2D eigenvalue weighted by atomic mass is 9.98. The Kier molecular flexibility index (Phi) is 6.57. The number of amides is 1. The first-order valence-corrected chi connectivity index (χ1v) is 11.5. The van der Waals surface area contributed by atoms with Crippen LogP contribution in [0.25, 0.3) is 0 Å². The summed E-state index contributed by atoms with van der Waals surface area (Å²) in [5.41, 5.74) is 3.17. The van der Waals surface area contributed by atoms with Crippen molar-refractivity contribution in [3.63, 3.8) is 0 Å². The number of likely N-dealkylation sites (N-methyl/N-ethyl adjacent to an activating group) is 1. The van der Waals surface area contributed by atoms with Gasteiger partial charge in [0.05, 0.1) is 7.05 Å². The van der Waals surface area contributed by atoms with Gasteiger partial charge in [0, 0.05) is 34.0 Å². The van der Waals surface area contributed by atoms with Crippen molar-refractivity contribution < 1.29 is 14.6 Å². The molecule has 3 heterocycles. The number of nitrogens with one attached hydrogen (secondary N) is 3. The first-order valence-electron chi connectivity index (χ1n) is 10.7. The topological polar surface area (TPSA) is 50.9 Å². The standard InChI is InChI=1S/C24H28N4OS/c1-3-20-17-21(24(30-20)26-23(29)19-7-5-4-6-8-19)22(18-9-11-25-12-10-18)28-15-13-27(2)14-16-28/h4-12,17,22H,3,13-16H2,1-2H3,(H,26,29)/p+2/t22-/m0/s1. The van der Waals surface area contributed by atoms with E-state index in [0.29, 0.717) is 5.56 Å². The molecule has 2 aromatic heterocycles. The Labute approximate surface area is 182 Å². The number of thiophene rings is 1. The van der Waals surface area contributed by atoms with Gasteiger partial charge < -0.3 is 15.1 Å². The quantitative estimate of drug-likeness (QED) is 0.563. The lowest BCUT2D eigenvalue weighted by Gasteiger charge is -2.33. The molecule has 3 N–H and O–H groups in total. The highest BCUT2D eigenvalue weighted by atomic mass is 32.1. The number of carbonyl (C=O) groups excluding carboxylic acids is 1. The summed E-state index contributed by atoms with van der Waals surface area (Å²) < 4.78 is 0. The van der Waals surface area contributed by atoms with Crippen molar-refractivity contribution in [1.82, 2.24) is 4.98 Å². The Morgan fingerprint density at radius 3 is 2.47 bits per heavy atom. The minimum Gasteiger partial charge on any atom is -0.328 e. The van der Waals surface area contributed by atoms with E-state index in [1.165, 1.54) is 16.0 Å². The van der Waals surface area contributed by atoms with E-state index in [1.54, 1.807) is 21.1 Å². The molecule has 1 aliphatic heterocycles. The molecular weight excluding hydrogens is 392 g/mol. The van der Waals surface area contributed by atoms with Gasteiger partial charge in [-0.05, 0) is 36.8 Å². The molecule has 6 heteroatoms. The summed E-state index contributed by atoms with van der Waals surface area (Å²) in [7, 11) is 2.27. The molecule has 3 aromatic rings. The molecule has 0 bridgehead atoms. The van der Waals surface area contributed by atoms with Crippen molar-refractivity contribution in [2.24, 2.45) is 0 Å². The van der Waals surface area contributed by atoms with Gasteiger partial charge in [0.2, 0.25) is 0 Å². The molecule has 4 rings (SSSR count). The van der Waals surface area contributed by atoms with Crippen molar-refractivity contribution in [1.29, 1.82) is 0 Å². The summed E-state index contributed by atoms with van der Waals surface area (Å²) in [6.45, 7) is 6.72. The molecule has 0 unspecified atom stereocenters. The number of hydrogen-bond donors (Lipinski definition) is 3. The molecule has 0 spiro atoms. The van der Waals surface area contributed by atoms with Crippen molar-refractivity contribution >= 4 is 22.2 Å². The second-order valence-corrected chi connectivity index (χ2v) is 9.14. The number of aryl methyl sites for hydroxylation is 1. The molecular formula is C24H30N4OS+2. The van der Waals surface area contributed by atoms with Crippen LogP contribution in [0, 0.1) is 0 Å². The van der Waals surface area contributed by atoms with E-state index in [1.807, 2.05) is 42.7 Å². The monoisotopic (exact) mass is 422 g/mol. The number of anilines is 1. The molecule has 0 radical (unpaired) electrons. The Morgan fingerprint density at radius 1 is 1.10 bits per heavy atom. The SMILES string of the molecule is CCc1cc([C@H](c2ccncc2)[NH+]2CC[NH+](C)CC2)c(NC(=O)c2ccccc2)s1. The molecule has 5 nitrogen and oxygen atoms in total. The molecule has 0 aliphatic carbocycles. The average molecular weight is 423 g/mol. The fraction of sp³-hybridized carbons (Fsp3) is 0.333. The zero-order valence-electron chi connectivity index (χ0n) is 17.7. The van der Waals surface area contributed by atoms with Crippen molar-refractivity contribution in [3.05, 3.63) is 82.5 Å². The molecule has 1 aliphatic rings. The third-order valence-electron chi connectivity index (χ3n) is 5.93. The fourth-order valence-electron chi connectivity index (χ4n) is 4.19. The summed E-state index contributed by atoms with van der Waals surface area (Å²) in [6.07, 6.45) is 4.71. The highest BCUT2D eigenvalue weighted by Gasteiger charge is 2.33. The number of nitrogens with zero attached hydrogens (tertiary/aromatic N) is 1. The van der Waals surface area contributed by atoms with Crippen LogP contribution < -0.4 is 15.1 Å². The number of carbonyl (C=O) groups is 1. The van der Waals surface area contributed by atoms with Gasteiger partial charge in [0.25, 0.3) is 5.91 Å². The normalized spacial score (nSPS) is 19.9. The van der Waals surface area contributed by atoms with E-state index in [0.717, 1.165) is 37.6 Å². The predicted molar refractivity (Wildman–Crippen MR) is 121 cm³/mol. The molecule has 30 heavy (non-hydrogen) atoms. The van der Waals surface area contributed by atoms with E-state index in [2.05, 4.69) is 42.5 Å². The molecule has 1 aromatic carbocycles. The van der Waals surface area contributed by atoms with E-state index in [9.17, 15) is 4.79 Å². The number of rotatable bonds is 6. The smallest absolute Gasteiger partial charge is 0.256 e. The minimum atomic E-state index is -0.0485. The number of hydrogen-bond acceptors (Lipinski definition) is 3. The van der Waals surface area contributed by atoms with Crippen LogP contribution in [0.2, 0.25) is 0 Å². The van der Waals surface area contributed by atoms with Crippen LogP contribution in [-0.2, 0) is 6.42 Å². The van der Waals surface area contributed by atoms with Crippen LogP contribution in [0.15, 0.2) is 60.9 Å². The third kappa shape index (κ3) is 4.61. The van der Waals surface area contributed by atoms with Gasteiger partial charge >= 0.3 is 0 Å². The predicted octanol–water partition coefficient (Wildman–Crippen LogP) is 1.46. The summed E-state index contributed by atoms with van der Waals surface area (Å²) >= 11 is 1.70. The van der Waals surface area contributed by atoms with Crippen molar-refractivity contribution in [2.45, 2.75) is 19.4 Å². The Hall–Kier alpha value is -2.54. The van der Waals surface area contributed by atoms with E-state index < -0.39 is 0 Å². The number of pyridine rings is 1. The Balaban J connectivity index is 1.71. The minimum absolute atomic E-state index is 0.0485. The molecule has 1 fully saturated rings. The van der Waals surface area contributed by atoms with Gasteiger partial charge in [0.15, 0.2) is 0 Å². The largest absolute Gasteiger partial charge is 0.328 e. The maximum absolute atomic E-state index is 12.9. The van der Waals surface area contributed by atoms with Crippen LogP contribution in [0.3, 0.4) is 0 Å². The number of aromatic nitrogens is 1. The highest BCUT2D eigenvalue weighted by Crippen LogP contribution is 2.35. The average Bonchev–Trinajstić information content (AvgIpc) is 3.19. The van der Waals surface area contributed by atoms with Crippen LogP contribution in [0.4, 0.5) is 5.00 Å². The second-order valence-electron chi connectivity index (χ2n) is 8.00. The maximum Gasteiger partial charge on any atom is 0.256 e. The summed E-state index contributed by atoms with van der Waals surface area (Å²) in [4.78, 5) is 21.6. The first kappa shape index (κ1) is 20.7. The zero-order chi connectivity index (χ0) is 20.9. The second kappa shape index (κ2) is 9.51. The lowest BCUT2D eigenvalue weighted by Crippen LogP contribution is -3.27. The number of quaternary nitrogens is 2. The highest BCUT2D eigenvalue weighted by molar-refractivity contribution is 7.16. The lowest BCUT2D eigenvalue weighted by molar-refractivity contribution is -1.02. The van der Waals surface area contributed by atoms with Gasteiger partial charge in [-0.25, -0.2) is 0 Å². The van der Waals surface area contributed by atoms with Crippen LogP contribution in [-0.4, -0.2) is 44.1 Å².